The molecule has 1 aliphatic rings. The van der Waals surface area contributed by atoms with Crippen molar-refractivity contribution < 1.29 is 4.39 Å². The van der Waals surface area contributed by atoms with Crippen LogP contribution in [-0.4, -0.2) is 13.7 Å². The maximum Gasteiger partial charge on any atom is 0.0897 e. The second-order valence-corrected chi connectivity index (χ2v) is 7.10. The van der Waals surface area contributed by atoms with Gasteiger partial charge in [0.1, 0.15) is 0 Å². The fourth-order valence-electron chi connectivity index (χ4n) is 4.02. The zero-order chi connectivity index (χ0) is 16.9. The fraction of sp³-hybridized carbons (Fsp3) is 0.455. The van der Waals surface area contributed by atoms with Crippen LogP contribution in [0.1, 0.15) is 49.1 Å². The van der Waals surface area contributed by atoms with Gasteiger partial charge in [-0.05, 0) is 85.3 Å². The molecule has 1 fully saturated rings. The van der Waals surface area contributed by atoms with Gasteiger partial charge in [0, 0.05) is 12.7 Å². The molecule has 0 saturated heterocycles. The molecule has 24 heavy (non-hydrogen) atoms. The SMILES string of the molecule is CNc1ccc(-c2ccc(C3CCC(CCF)CC3)cc2)c(C)c1. The molecule has 0 radical (unpaired) electrons. The molecule has 2 aromatic carbocycles. The van der Waals surface area contributed by atoms with Gasteiger partial charge in [-0.25, -0.2) is 0 Å². The van der Waals surface area contributed by atoms with Crippen LogP contribution < -0.4 is 5.32 Å². The first-order chi connectivity index (χ1) is 11.7. The number of hydrogen-bond donors (Lipinski definition) is 1. The van der Waals surface area contributed by atoms with E-state index in [0.717, 1.165) is 12.1 Å². The summed E-state index contributed by atoms with van der Waals surface area (Å²) in [4.78, 5) is 0. The summed E-state index contributed by atoms with van der Waals surface area (Å²) in [6.45, 7) is 2.01. The predicted molar refractivity (Wildman–Crippen MR) is 101 cm³/mol. The smallest absolute Gasteiger partial charge is 0.0897 e. The van der Waals surface area contributed by atoms with Gasteiger partial charge >= 0.3 is 0 Å². The summed E-state index contributed by atoms with van der Waals surface area (Å²) in [7, 11) is 1.95. The van der Waals surface area contributed by atoms with E-state index in [0.29, 0.717) is 11.8 Å². The second kappa shape index (κ2) is 7.83. The lowest BCUT2D eigenvalue weighted by Crippen LogP contribution is -2.13. The molecule has 0 aromatic heterocycles. The number of halogens is 1. The lowest BCUT2D eigenvalue weighted by atomic mass is 9.77. The Kier molecular flexibility index (Phi) is 5.55. The molecule has 1 N–H and O–H groups in total. The Labute approximate surface area is 145 Å². The van der Waals surface area contributed by atoms with Crippen molar-refractivity contribution in [3.8, 4) is 11.1 Å². The Hall–Kier alpha value is -1.83. The molecular weight excluding hydrogens is 297 g/mol. The van der Waals surface area contributed by atoms with Gasteiger partial charge in [-0.2, -0.15) is 0 Å². The first-order valence-electron chi connectivity index (χ1n) is 9.16. The highest BCUT2D eigenvalue weighted by Crippen LogP contribution is 2.37. The van der Waals surface area contributed by atoms with Gasteiger partial charge in [-0.1, -0.05) is 30.3 Å². The average Bonchev–Trinajstić information content (AvgIpc) is 2.63. The second-order valence-electron chi connectivity index (χ2n) is 7.10. The van der Waals surface area contributed by atoms with Gasteiger partial charge in [0.15, 0.2) is 0 Å². The highest BCUT2D eigenvalue weighted by atomic mass is 19.1. The minimum Gasteiger partial charge on any atom is -0.388 e. The first kappa shape index (κ1) is 17.0. The van der Waals surface area contributed by atoms with E-state index in [1.54, 1.807) is 0 Å². The van der Waals surface area contributed by atoms with Gasteiger partial charge < -0.3 is 5.32 Å². The van der Waals surface area contributed by atoms with Crippen molar-refractivity contribution in [2.45, 2.75) is 44.9 Å². The van der Waals surface area contributed by atoms with E-state index < -0.39 is 0 Å². The molecule has 0 heterocycles. The standard InChI is InChI=1S/C22H28FN/c1-16-15-21(24-2)11-12-22(16)20-9-7-19(8-10-20)18-5-3-17(4-6-18)13-14-23/h7-12,15,17-18,24H,3-6,13-14H2,1-2H3. The third-order valence-corrected chi connectivity index (χ3v) is 5.57. The van der Waals surface area contributed by atoms with Crippen molar-refractivity contribution in [3.63, 3.8) is 0 Å². The van der Waals surface area contributed by atoms with Gasteiger partial charge in [0.05, 0.1) is 6.67 Å². The zero-order valence-electron chi connectivity index (χ0n) is 14.8. The number of anilines is 1. The molecule has 0 unspecified atom stereocenters. The van der Waals surface area contributed by atoms with Crippen molar-refractivity contribution in [2.24, 2.45) is 5.92 Å². The van der Waals surface area contributed by atoms with Crippen molar-refractivity contribution in [3.05, 3.63) is 53.6 Å². The predicted octanol–water partition coefficient (Wildman–Crippen LogP) is 6.34. The summed E-state index contributed by atoms with van der Waals surface area (Å²) in [5, 5.41) is 3.19. The Balaban J connectivity index is 1.70. The van der Waals surface area contributed by atoms with Gasteiger partial charge in [0.25, 0.3) is 0 Å². The molecule has 0 amide bonds. The van der Waals surface area contributed by atoms with Crippen LogP contribution >= 0.6 is 0 Å². The molecule has 0 atom stereocenters. The molecule has 3 rings (SSSR count). The molecule has 1 aliphatic carbocycles. The third kappa shape index (κ3) is 3.80. The fourth-order valence-corrected chi connectivity index (χ4v) is 4.02. The van der Waals surface area contributed by atoms with E-state index in [2.05, 4.69) is 54.7 Å². The monoisotopic (exact) mass is 325 g/mol. The summed E-state index contributed by atoms with van der Waals surface area (Å²) in [6, 6.07) is 15.6. The van der Waals surface area contributed by atoms with E-state index >= 15 is 0 Å². The summed E-state index contributed by atoms with van der Waals surface area (Å²) >= 11 is 0. The molecule has 1 nitrogen and oxygen atoms in total. The topological polar surface area (TPSA) is 12.0 Å². The van der Waals surface area contributed by atoms with E-state index in [4.69, 9.17) is 0 Å². The normalized spacial score (nSPS) is 20.8. The number of alkyl halides is 1. The number of benzene rings is 2. The Morgan fingerprint density at radius 2 is 1.71 bits per heavy atom. The molecule has 2 aromatic rings. The van der Waals surface area contributed by atoms with Crippen molar-refractivity contribution >= 4 is 5.69 Å². The zero-order valence-corrected chi connectivity index (χ0v) is 14.8. The van der Waals surface area contributed by atoms with Crippen LogP contribution in [0, 0.1) is 12.8 Å². The Bertz CT molecular complexity index is 654. The van der Waals surface area contributed by atoms with Gasteiger partial charge in [0.2, 0.25) is 0 Å². The molecule has 0 aliphatic heterocycles. The number of hydrogen-bond acceptors (Lipinski definition) is 1. The van der Waals surface area contributed by atoms with Crippen LogP contribution in [0.4, 0.5) is 10.1 Å². The number of rotatable bonds is 5. The van der Waals surface area contributed by atoms with Gasteiger partial charge in [-0.15, -0.1) is 0 Å². The van der Waals surface area contributed by atoms with Crippen molar-refractivity contribution in [1.82, 2.24) is 0 Å². The molecule has 1 saturated carbocycles. The van der Waals surface area contributed by atoms with E-state index in [1.165, 1.54) is 47.9 Å². The van der Waals surface area contributed by atoms with Crippen molar-refractivity contribution in [1.29, 1.82) is 0 Å². The summed E-state index contributed by atoms with van der Waals surface area (Å²) in [5.41, 5.74) is 6.47. The van der Waals surface area contributed by atoms with Crippen molar-refractivity contribution in [2.75, 3.05) is 19.0 Å². The van der Waals surface area contributed by atoms with Crippen LogP contribution in [0.25, 0.3) is 11.1 Å². The molecular formula is C22H28FN. The molecule has 0 bridgehead atoms. The Morgan fingerprint density at radius 3 is 2.29 bits per heavy atom. The maximum atomic E-state index is 12.5. The minimum absolute atomic E-state index is 0.157. The molecule has 0 spiro atoms. The van der Waals surface area contributed by atoms with Crippen LogP contribution in [-0.2, 0) is 0 Å². The van der Waals surface area contributed by atoms with E-state index in [-0.39, 0.29) is 6.67 Å². The highest BCUT2D eigenvalue weighted by Gasteiger charge is 2.22. The maximum absolute atomic E-state index is 12.5. The number of nitrogens with one attached hydrogen (secondary N) is 1. The van der Waals surface area contributed by atoms with Crippen LogP contribution in [0.2, 0.25) is 0 Å². The third-order valence-electron chi connectivity index (χ3n) is 5.57. The van der Waals surface area contributed by atoms with E-state index in [1.807, 2.05) is 7.05 Å². The van der Waals surface area contributed by atoms with Crippen LogP contribution in [0.5, 0.6) is 0 Å². The number of aryl methyl sites for hydroxylation is 1. The summed E-state index contributed by atoms with van der Waals surface area (Å²) in [5.74, 6) is 1.27. The largest absolute Gasteiger partial charge is 0.388 e. The molecule has 2 heteroatoms. The average molecular weight is 325 g/mol. The lowest BCUT2D eigenvalue weighted by molar-refractivity contribution is 0.283. The summed E-state index contributed by atoms with van der Waals surface area (Å²) < 4.78 is 12.5. The van der Waals surface area contributed by atoms with E-state index in [9.17, 15) is 4.39 Å². The van der Waals surface area contributed by atoms with Crippen LogP contribution in [0.15, 0.2) is 42.5 Å². The summed E-state index contributed by atoms with van der Waals surface area (Å²) in [6.07, 6.45) is 5.54. The Morgan fingerprint density at radius 1 is 1.00 bits per heavy atom. The highest BCUT2D eigenvalue weighted by molar-refractivity contribution is 5.70. The quantitative estimate of drug-likeness (QED) is 0.676. The minimum atomic E-state index is -0.157. The lowest BCUT2D eigenvalue weighted by Gasteiger charge is -2.28. The molecule has 128 valence electrons. The first-order valence-corrected chi connectivity index (χ1v) is 9.16. The van der Waals surface area contributed by atoms with Gasteiger partial charge in [-0.3, -0.25) is 4.39 Å². The van der Waals surface area contributed by atoms with Crippen LogP contribution in [0.3, 0.4) is 0 Å².